The normalized spacial score (nSPS) is 12.0. The predicted molar refractivity (Wildman–Crippen MR) is 90.1 cm³/mol. The average molecular weight is 416 g/mol. The Kier molecular flexibility index (Phi) is 5.61. The van der Waals surface area contributed by atoms with Gasteiger partial charge in [0.05, 0.1) is 20.3 Å². The summed E-state index contributed by atoms with van der Waals surface area (Å²) in [7, 11) is 5.19. The molecule has 1 unspecified atom stereocenters. The first-order valence-electron chi connectivity index (χ1n) is 6.30. The second kappa shape index (κ2) is 7.24. The first kappa shape index (κ1) is 16.3. The second-order valence-electron chi connectivity index (χ2n) is 4.36. The highest BCUT2D eigenvalue weighted by Crippen LogP contribution is 2.41. The molecule has 1 aromatic heterocycles. The van der Waals surface area contributed by atoms with Crippen LogP contribution in [0.4, 0.5) is 0 Å². The van der Waals surface area contributed by atoms with Gasteiger partial charge in [0.15, 0.2) is 0 Å². The fourth-order valence-electron chi connectivity index (χ4n) is 2.23. The van der Waals surface area contributed by atoms with Gasteiger partial charge in [-0.1, -0.05) is 0 Å². The van der Waals surface area contributed by atoms with Gasteiger partial charge in [0.25, 0.3) is 0 Å². The summed E-state index contributed by atoms with van der Waals surface area (Å²) in [6, 6.07) is 5.90. The van der Waals surface area contributed by atoms with E-state index in [2.05, 4.69) is 42.2 Å². The number of hydrogen-bond donors (Lipinski definition) is 1. The van der Waals surface area contributed by atoms with Gasteiger partial charge >= 0.3 is 0 Å². The molecule has 0 bridgehead atoms. The summed E-state index contributed by atoms with van der Waals surface area (Å²) in [6.45, 7) is 0. The van der Waals surface area contributed by atoms with Crippen molar-refractivity contribution in [3.05, 3.63) is 50.7 Å². The molecule has 0 amide bonds. The summed E-state index contributed by atoms with van der Waals surface area (Å²) in [4.78, 5) is 4.23. The molecular weight excluding hydrogens is 400 g/mol. The van der Waals surface area contributed by atoms with E-state index in [4.69, 9.17) is 9.47 Å². The maximum Gasteiger partial charge on any atom is 0.141 e. The molecule has 1 atom stereocenters. The molecule has 0 spiro atoms. The zero-order chi connectivity index (χ0) is 15.4. The van der Waals surface area contributed by atoms with Crippen LogP contribution in [0.3, 0.4) is 0 Å². The van der Waals surface area contributed by atoms with Crippen molar-refractivity contribution in [2.45, 2.75) is 6.04 Å². The highest BCUT2D eigenvalue weighted by atomic mass is 79.9. The molecule has 6 heteroatoms. The molecule has 1 N–H and O–H groups in total. The first-order chi connectivity index (χ1) is 10.1. The van der Waals surface area contributed by atoms with E-state index in [1.54, 1.807) is 20.4 Å². The lowest BCUT2D eigenvalue weighted by Crippen LogP contribution is -2.19. The summed E-state index contributed by atoms with van der Waals surface area (Å²) in [5.41, 5.74) is 2.05. The van der Waals surface area contributed by atoms with Crippen molar-refractivity contribution in [2.75, 3.05) is 21.3 Å². The molecule has 1 aromatic carbocycles. The van der Waals surface area contributed by atoms with E-state index in [9.17, 15) is 0 Å². The third-order valence-corrected chi connectivity index (χ3v) is 4.36. The third kappa shape index (κ3) is 3.39. The van der Waals surface area contributed by atoms with E-state index in [1.807, 2.05) is 31.4 Å². The molecule has 1 heterocycles. The largest absolute Gasteiger partial charge is 0.495 e. The van der Waals surface area contributed by atoms with Crippen molar-refractivity contribution in [2.24, 2.45) is 0 Å². The number of benzene rings is 1. The van der Waals surface area contributed by atoms with Crippen LogP contribution in [0.15, 0.2) is 39.5 Å². The van der Waals surface area contributed by atoms with E-state index in [-0.39, 0.29) is 6.04 Å². The number of aromatic nitrogens is 1. The van der Waals surface area contributed by atoms with Crippen LogP contribution in [0.1, 0.15) is 17.2 Å². The molecule has 2 rings (SSSR count). The minimum atomic E-state index is -0.0350. The maximum atomic E-state index is 5.55. The number of halogens is 2. The van der Waals surface area contributed by atoms with Crippen LogP contribution in [0.2, 0.25) is 0 Å². The van der Waals surface area contributed by atoms with Gasteiger partial charge in [0.1, 0.15) is 16.0 Å². The Hall–Kier alpha value is -1.11. The fourth-order valence-corrected chi connectivity index (χ4v) is 3.30. The van der Waals surface area contributed by atoms with E-state index in [0.29, 0.717) is 0 Å². The monoisotopic (exact) mass is 414 g/mol. The molecule has 4 nitrogen and oxygen atoms in total. The van der Waals surface area contributed by atoms with Crippen LogP contribution >= 0.6 is 31.9 Å². The standard InChI is InChI=1S/C15H16Br2N2O2/c1-18-14(9-6-10(16)8-19-7-9)11-4-5-12(20-2)13(17)15(11)21-3/h4-8,14,18H,1-3H3. The van der Waals surface area contributed by atoms with E-state index >= 15 is 0 Å². The zero-order valence-corrected chi connectivity index (χ0v) is 15.2. The predicted octanol–water partition coefficient (Wildman–Crippen LogP) is 3.93. The molecule has 112 valence electrons. The Balaban J connectivity index is 2.55. The van der Waals surface area contributed by atoms with Gasteiger partial charge in [0.2, 0.25) is 0 Å². The number of methoxy groups -OCH3 is 2. The number of ether oxygens (including phenoxy) is 2. The van der Waals surface area contributed by atoms with Crippen molar-refractivity contribution in [1.82, 2.24) is 10.3 Å². The maximum absolute atomic E-state index is 5.55. The van der Waals surface area contributed by atoms with Crippen LogP contribution in [-0.2, 0) is 0 Å². The summed E-state index contributed by atoms with van der Waals surface area (Å²) in [6.07, 6.45) is 3.60. The van der Waals surface area contributed by atoms with Crippen molar-refractivity contribution in [3.8, 4) is 11.5 Å². The summed E-state index contributed by atoms with van der Waals surface area (Å²) >= 11 is 6.99. The van der Waals surface area contributed by atoms with Gasteiger partial charge in [-0.25, -0.2) is 0 Å². The van der Waals surface area contributed by atoms with Crippen LogP contribution in [-0.4, -0.2) is 26.3 Å². The summed E-state index contributed by atoms with van der Waals surface area (Å²) < 4.78 is 12.6. The Morgan fingerprint density at radius 1 is 1.14 bits per heavy atom. The van der Waals surface area contributed by atoms with E-state index < -0.39 is 0 Å². The lowest BCUT2D eigenvalue weighted by atomic mass is 9.99. The SMILES string of the molecule is CNC(c1cncc(Br)c1)c1ccc(OC)c(Br)c1OC. The number of nitrogens with zero attached hydrogens (tertiary/aromatic N) is 1. The van der Waals surface area contributed by atoms with Gasteiger partial charge < -0.3 is 14.8 Å². The van der Waals surface area contributed by atoms with Gasteiger partial charge in [0, 0.05) is 22.4 Å². The molecule has 21 heavy (non-hydrogen) atoms. The first-order valence-corrected chi connectivity index (χ1v) is 7.89. The number of pyridine rings is 1. The lowest BCUT2D eigenvalue weighted by Gasteiger charge is -2.21. The van der Waals surface area contributed by atoms with E-state index in [0.717, 1.165) is 31.6 Å². The average Bonchev–Trinajstić information content (AvgIpc) is 2.48. The van der Waals surface area contributed by atoms with Crippen LogP contribution in [0.5, 0.6) is 11.5 Å². The van der Waals surface area contributed by atoms with Crippen molar-refractivity contribution >= 4 is 31.9 Å². The molecule has 2 aromatic rings. The Morgan fingerprint density at radius 3 is 2.48 bits per heavy atom. The van der Waals surface area contributed by atoms with Crippen LogP contribution < -0.4 is 14.8 Å². The number of nitrogens with one attached hydrogen (secondary N) is 1. The second-order valence-corrected chi connectivity index (χ2v) is 6.07. The smallest absolute Gasteiger partial charge is 0.141 e. The number of rotatable bonds is 5. The molecule has 0 aliphatic heterocycles. The Labute approximate surface area is 141 Å². The quantitative estimate of drug-likeness (QED) is 0.803. The van der Waals surface area contributed by atoms with Gasteiger partial charge in [-0.3, -0.25) is 4.98 Å². The minimum absolute atomic E-state index is 0.0350. The fraction of sp³-hybridized carbons (Fsp3) is 0.267. The Morgan fingerprint density at radius 2 is 1.90 bits per heavy atom. The van der Waals surface area contributed by atoms with Crippen molar-refractivity contribution < 1.29 is 9.47 Å². The van der Waals surface area contributed by atoms with Crippen molar-refractivity contribution in [1.29, 1.82) is 0 Å². The highest BCUT2D eigenvalue weighted by Gasteiger charge is 2.21. The van der Waals surface area contributed by atoms with Gasteiger partial charge in [-0.15, -0.1) is 0 Å². The number of hydrogen-bond acceptors (Lipinski definition) is 4. The van der Waals surface area contributed by atoms with E-state index in [1.165, 1.54) is 0 Å². The molecule has 0 aliphatic rings. The Bertz CT molecular complexity index is 635. The highest BCUT2D eigenvalue weighted by molar-refractivity contribution is 9.11. The topological polar surface area (TPSA) is 43.4 Å². The minimum Gasteiger partial charge on any atom is -0.495 e. The third-order valence-electron chi connectivity index (χ3n) is 3.18. The van der Waals surface area contributed by atoms with Crippen LogP contribution in [0, 0.1) is 0 Å². The lowest BCUT2D eigenvalue weighted by molar-refractivity contribution is 0.383. The molecule has 0 fully saturated rings. The van der Waals surface area contributed by atoms with Gasteiger partial charge in [-0.05, 0) is 62.7 Å². The summed E-state index contributed by atoms with van der Waals surface area (Å²) in [5, 5.41) is 3.30. The molecule has 0 radical (unpaired) electrons. The van der Waals surface area contributed by atoms with Gasteiger partial charge in [-0.2, -0.15) is 0 Å². The molecule has 0 saturated carbocycles. The zero-order valence-electron chi connectivity index (χ0n) is 12.0. The molecular formula is C15H16Br2N2O2. The summed E-state index contributed by atoms with van der Waals surface area (Å²) in [5.74, 6) is 1.48. The molecule has 0 saturated heterocycles. The van der Waals surface area contributed by atoms with Crippen LogP contribution in [0.25, 0.3) is 0 Å². The van der Waals surface area contributed by atoms with Crippen molar-refractivity contribution in [3.63, 3.8) is 0 Å². The molecule has 0 aliphatic carbocycles.